The molecule has 3 heteroatoms. The van der Waals surface area contributed by atoms with Crippen molar-refractivity contribution in [1.82, 2.24) is 0 Å². The summed E-state index contributed by atoms with van der Waals surface area (Å²) in [6.45, 7) is 20.5. The maximum Gasteiger partial charge on any atom is 0.104 e. The average Bonchev–Trinajstić information content (AvgIpc) is 3.58. The molecule has 0 aliphatic heterocycles. The first-order valence-electron chi connectivity index (χ1n) is 27.2. The van der Waals surface area contributed by atoms with Gasteiger partial charge in [-0.15, -0.1) is 0 Å². The molecule has 0 radical (unpaired) electrons. The third-order valence-electron chi connectivity index (χ3n) is 17.1. The first-order chi connectivity index (χ1) is 28.7. The molecule has 9 atom stereocenters. The summed E-state index contributed by atoms with van der Waals surface area (Å²) in [6.07, 6.45) is 48.5. The van der Waals surface area contributed by atoms with E-state index in [0.717, 1.165) is 55.1 Å². The van der Waals surface area contributed by atoms with Crippen LogP contribution in [-0.2, 0) is 14.2 Å². The van der Waals surface area contributed by atoms with E-state index in [2.05, 4.69) is 54.5 Å². The summed E-state index contributed by atoms with van der Waals surface area (Å²) in [5, 5.41) is 0. The topological polar surface area (TPSA) is 27.7 Å². The zero-order valence-corrected chi connectivity index (χ0v) is 41.1. The summed E-state index contributed by atoms with van der Waals surface area (Å²) in [6, 6.07) is 0. The maximum atomic E-state index is 6.82. The normalized spacial score (nSPS) is 28.9. The number of ether oxygens (including phenoxy) is 3. The average molecular weight is 825 g/mol. The Bertz CT molecular complexity index is 1080. The van der Waals surface area contributed by atoms with Crippen molar-refractivity contribution in [2.45, 2.75) is 273 Å². The monoisotopic (exact) mass is 825 g/mol. The van der Waals surface area contributed by atoms with Crippen molar-refractivity contribution in [3.8, 4) is 0 Å². The Balaban J connectivity index is 1.19. The Morgan fingerprint density at radius 1 is 0.593 bits per heavy atom. The molecule has 0 aromatic heterocycles. The molecule has 0 unspecified atom stereocenters. The van der Waals surface area contributed by atoms with Gasteiger partial charge in [-0.05, 0) is 111 Å². The van der Waals surface area contributed by atoms with Gasteiger partial charge in [-0.2, -0.15) is 0 Å². The van der Waals surface area contributed by atoms with Gasteiger partial charge in [0.15, 0.2) is 0 Å². The van der Waals surface area contributed by atoms with E-state index in [1.54, 1.807) is 5.57 Å². The van der Waals surface area contributed by atoms with Gasteiger partial charge in [-0.25, -0.2) is 0 Å². The number of hydrogen-bond donors (Lipinski definition) is 0. The van der Waals surface area contributed by atoms with Crippen LogP contribution in [0.4, 0.5) is 0 Å². The third kappa shape index (κ3) is 17.3. The fraction of sp³-hybridized carbons (Fsp3) is 0.964. The van der Waals surface area contributed by atoms with Crippen molar-refractivity contribution >= 4 is 0 Å². The second kappa shape index (κ2) is 29.1. The molecular formula is C56H104O3. The molecule has 0 N–H and O–H groups in total. The molecule has 3 fully saturated rings. The molecule has 3 nitrogen and oxygen atoms in total. The summed E-state index contributed by atoms with van der Waals surface area (Å²) in [5.41, 5.74) is 2.70. The largest absolute Gasteiger partial charge is 0.379 e. The molecule has 0 aromatic carbocycles. The van der Waals surface area contributed by atoms with Gasteiger partial charge >= 0.3 is 0 Å². The fourth-order valence-electron chi connectivity index (χ4n) is 13.3. The first-order valence-corrected chi connectivity index (χ1v) is 27.2. The predicted molar refractivity (Wildman–Crippen MR) is 256 cm³/mol. The summed E-state index contributed by atoms with van der Waals surface area (Å²) in [5.74, 6) is 5.39. The number of hydrogen-bond acceptors (Lipinski definition) is 3. The van der Waals surface area contributed by atoms with Gasteiger partial charge in [0.25, 0.3) is 0 Å². The van der Waals surface area contributed by atoms with Gasteiger partial charge in [0.1, 0.15) is 6.10 Å². The predicted octanol–water partition coefficient (Wildman–Crippen LogP) is 17.4. The van der Waals surface area contributed by atoms with Gasteiger partial charge in [0, 0.05) is 13.2 Å². The minimum atomic E-state index is 0.0583. The van der Waals surface area contributed by atoms with E-state index in [9.17, 15) is 0 Å². The molecule has 0 aromatic rings. The van der Waals surface area contributed by atoms with Gasteiger partial charge in [0.2, 0.25) is 0 Å². The standard InChI is InChI=1S/C56H104O3/c1-8-10-12-14-16-18-20-22-24-26-28-41-57-44-50(58-42-29-27-25-23-21-19-17-15-13-11-9-2)45-59-49-37-39-55(6)48(43-49)33-34-51-53-36-35-52(47(5)32-30-31-46(3)4)56(53,7)40-38-54(51)55/h33,46-47,49-54H,8-32,34-45H2,1-7H3/t47-,49+,50+,51+,52-,53+,54+,55+,56-/m1/s1. The van der Waals surface area contributed by atoms with Crippen LogP contribution in [0.15, 0.2) is 11.6 Å². The SMILES string of the molecule is CCCCCCCCCCCCCOC[C@@H](CO[C@H]1CC[C@@]2(C)C(=CC[C@H]3[C@@H]4CC[C@H]([C@H](C)CCCC(C)C)[C@@]4(C)CC[C@@H]32)C1)OCCCCCCCCCCCCC. The summed E-state index contributed by atoms with van der Waals surface area (Å²) in [4.78, 5) is 0. The van der Waals surface area contributed by atoms with E-state index in [4.69, 9.17) is 14.2 Å². The van der Waals surface area contributed by atoms with Crippen LogP contribution in [0.2, 0.25) is 0 Å². The van der Waals surface area contributed by atoms with Crippen molar-refractivity contribution in [2.75, 3.05) is 26.4 Å². The van der Waals surface area contributed by atoms with Crippen molar-refractivity contribution in [2.24, 2.45) is 46.3 Å². The molecule has 0 bridgehead atoms. The lowest BCUT2D eigenvalue weighted by atomic mass is 9.47. The van der Waals surface area contributed by atoms with E-state index in [1.165, 1.54) is 205 Å². The number of rotatable bonds is 35. The zero-order valence-electron chi connectivity index (χ0n) is 41.1. The van der Waals surface area contributed by atoms with E-state index < -0.39 is 0 Å². The van der Waals surface area contributed by atoms with Crippen LogP contribution in [0.5, 0.6) is 0 Å². The smallest absolute Gasteiger partial charge is 0.104 e. The molecule has 4 rings (SSSR count). The Hall–Kier alpha value is -0.380. The highest BCUT2D eigenvalue weighted by Gasteiger charge is 2.59. The van der Waals surface area contributed by atoms with Crippen molar-refractivity contribution in [3.05, 3.63) is 11.6 Å². The molecule has 0 amide bonds. The van der Waals surface area contributed by atoms with Gasteiger partial charge in [0.05, 0.1) is 19.3 Å². The van der Waals surface area contributed by atoms with Crippen LogP contribution in [0.1, 0.15) is 260 Å². The van der Waals surface area contributed by atoms with E-state index >= 15 is 0 Å². The minimum Gasteiger partial charge on any atom is -0.379 e. The molecule has 4 aliphatic rings. The Morgan fingerprint density at radius 2 is 1.17 bits per heavy atom. The quantitative estimate of drug-likeness (QED) is 0.0471. The number of allylic oxidation sites excluding steroid dienone is 1. The van der Waals surface area contributed by atoms with E-state index in [-0.39, 0.29) is 6.10 Å². The third-order valence-corrected chi connectivity index (χ3v) is 17.1. The Morgan fingerprint density at radius 3 is 1.76 bits per heavy atom. The second-order valence-corrected chi connectivity index (χ2v) is 22.1. The summed E-state index contributed by atoms with van der Waals surface area (Å²) in [7, 11) is 0. The van der Waals surface area contributed by atoms with Crippen LogP contribution < -0.4 is 0 Å². The first kappa shape index (κ1) is 51.3. The zero-order chi connectivity index (χ0) is 42.2. The highest BCUT2D eigenvalue weighted by atomic mass is 16.6. The molecule has 0 saturated heterocycles. The fourth-order valence-corrected chi connectivity index (χ4v) is 13.3. The lowest BCUT2D eigenvalue weighted by Gasteiger charge is -2.58. The summed E-state index contributed by atoms with van der Waals surface area (Å²) < 4.78 is 19.7. The number of unbranched alkanes of at least 4 members (excludes halogenated alkanes) is 20. The van der Waals surface area contributed by atoms with E-state index in [0.29, 0.717) is 30.1 Å². The van der Waals surface area contributed by atoms with Crippen LogP contribution in [0, 0.1) is 46.3 Å². The minimum absolute atomic E-state index is 0.0583. The second-order valence-electron chi connectivity index (χ2n) is 22.1. The lowest BCUT2D eigenvalue weighted by molar-refractivity contribution is -0.0945. The Kier molecular flexibility index (Phi) is 25.3. The molecule has 0 spiro atoms. The van der Waals surface area contributed by atoms with Gasteiger partial charge < -0.3 is 14.2 Å². The highest BCUT2D eigenvalue weighted by molar-refractivity contribution is 5.25. The molecule has 4 aliphatic carbocycles. The highest BCUT2D eigenvalue weighted by Crippen LogP contribution is 2.67. The maximum absolute atomic E-state index is 6.82. The number of fused-ring (bicyclic) bond motifs is 5. The van der Waals surface area contributed by atoms with Gasteiger partial charge in [-0.3, -0.25) is 0 Å². The molecule has 59 heavy (non-hydrogen) atoms. The van der Waals surface area contributed by atoms with E-state index in [1.807, 2.05) is 0 Å². The van der Waals surface area contributed by atoms with Crippen LogP contribution in [0.3, 0.4) is 0 Å². The van der Waals surface area contributed by atoms with Crippen LogP contribution >= 0.6 is 0 Å². The Labute approximate surface area is 369 Å². The lowest BCUT2D eigenvalue weighted by Crippen LogP contribution is -2.51. The van der Waals surface area contributed by atoms with Crippen LogP contribution in [0.25, 0.3) is 0 Å². The van der Waals surface area contributed by atoms with Crippen LogP contribution in [-0.4, -0.2) is 38.6 Å². The van der Waals surface area contributed by atoms with Gasteiger partial charge in [-0.1, -0.05) is 208 Å². The molecule has 3 saturated carbocycles. The molecular weight excluding hydrogens is 721 g/mol. The van der Waals surface area contributed by atoms with Crippen molar-refractivity contribution < 1.29 is 14.2 Å². The van der Waals surface area contributed by atoms with Crippen molar-refractivity contribution in [3.63, 3.8) is 0 Å². The summed E-state index contributed by atoms with van der Waals surface area (Å²) >= 11 is 0. The molecule has 0 heterocycles. The molecule has 346 valence electrons. The van der Waals surface area contributed by atoms with Crippen molar-refractivity contribution in [1.29, 1.82) is 0 Å².